The highest BCUT2D eigenvalue weighted by molar-refractivity contribution is 5.96. The first-order valence-electron chi connectivity index (χ1n) is 9.37. The van der Waals surface area contributed by atoms with Crippen LogP contribution in [0.4, 0.5) is 0 Å². The Labute approximate surface area is 164 Å². The number of ether oxygens (including phenoxy) is 1. The molecule has 146 valence electrons. The van der Waals surface area contributed by atoms with Gasteiger partial charge in [0.2, 0.25) is 11.8 Å². The standard InChI is InChI=1S/C22H25N3O3/c1-28-20-9-5-2-6-16(20)10-12-23-21(26)14-22(27)24-13-11-17-15-25-19-8-4-3-7-18(17)19/h2-9,15,25H,10-14H2,1H3,(H,23,26)(H,24,27). The molecule has 6 heteroatoms. The number of para-hydroxylation sites is 2. The number of carbonyl (C=O) groups excluding carboxylic acids is 2. The van der Waals surface area contributed by atoms with E-state index in [1.165, 1.54) is 0 Å². The lowest BCUT2D eigenvalue weighted by Gasteiger charge is -2.09. The smallest absolute Gasteiger partial charge is 0.229 e. The number of aromatic amines is 1. The van der Waals surface area contributed by atoms with Gasteiger partial charge in [0, 0.05) is 30.2 Å². The molecule has 3 aromatic rings. The fourth-order valence-corrected chi connectivity index (χ4v) is 3.19. The Kier molecular flexibility index (Phi) is 6.68. The van der Waals surface area contributed by atoms with Crippen molar-refractivity contribution >= 4 is 22.7 Å². The van der Waals surface area contributed by atoms with E-state index in [1.54, 1.807) is 7.11 Å². The first-order chi connectivity index (χ1) is 13.7. The van der Waals surface area contributed by atoms with E-state index in [2.05, 4.69) is 21.7 Å². The number of rotatable bonds is 9. The summed E-state index contributed by atoms with van der Waals surface area (Å²) in [6.07, 6.45) is 3.16. The zero-order chi connectivity index (χ0) is 19.8. The Balaban J connectivity index is 1.37. The van der Waals surface area contributed by atoms with Crippen LogP contribution in [0, 0.1) is 0 Å². The van der Waals surface area contributed by atoms with Gasteiger partial charge in [-0.15, -0.1) is 0 Å². The maximum Gasteiger partial charge on any atom is 0.229 e. The molecule has 0 atom stereocenters. The minimum absolute atomic E-state index is 0.167. The topological polar surface area (TPSA) is 83.2 Å². The molecule has 0 aliphatic rings. The largest absolute Gasteiger partial charge is 0.496 e. The van der Waals surface area contributed by atoms with E-state index in [-0.39, 0.29) is 18.2 Å². The normalized spacial score (nSPS) is 10.6. The van der Waals surface area contributed by atoms with Crippen LogP contribution in [0.25, 0.3) is 10.9 Å². The monoisotopic (exact) mass is 379 g/mol. The number of amides is 2. The molecule has 0 spiro atoms. The number of hydrogen-bond donors (Lipinski definition) is 3. The van der Waals surface area contributed by atoms with E-state index < -0.39 is 0 Å². The quantitative estimate of drug-likeness (QED) is 0.500. The Morgan fingerprint density at radius 1 is 0.893 bits per heavy atom. The van der Waals surface area contributed by atoms with Crippen LogP contribution in [0.5, 0.6) is 5.75 Å². The molecule has 2 amide bonds. The van der Waals surface area contributed by atoms with Crippen molar-refractivity contribution in [3.05, 3.63) is 65.9 Å². The summed E-state index contributed by atoms with van der Waals surface area (Å²) in [4.78, 5) is 27.2. The summed E-state index contributed by atoms with van der Waals surface area (Å²) in [5.41, 5.74) is 3.25. The van der Waals surface area contributed by atoms with Gasteiger partial charge < -0.3 is 20.4 Å². The summed E-state index contributed by atoms with van der Waals surface area (Å²) in [6.45, 7) is 0.955. The van der Waals surface area contributed by atoms with E-state index in [1.807, 2.05) is 48.7 Å². The molecule has 0 radical (unpaired) electrons. The molecule has 3 N–H and O–H groups in total. The highest BCUT2D eigenvalue weighted by Gasteiger charge is 2.10. The molecule has 0 bridgehead atoms. The van der Waals surface area contributed by atoms with Gasteiger partial charge in [0.05, 0.1) is 7.11 Å². The molecular weight excluding hydrogens is 354 g/mol. The highest BCUT2D eigenvalue weighted by atomic mass is 16.5. The number of methoxy groups -OCH3 is 1. The summed E-state index contributed by atoms with van der Waals surface area (Å²) in [7, 11) is 1.62. The summed E-state index contributed by atoms with van der Waals surface area (Å²) in [6, 6.07) is 15.7. The van der Waals surface area contributed by atoms with Gasteiger partial charge in [-0.1, -0.05) is 36.4 Å². The van der Waals surface area contributed by atoms with Crippen LogP contribution in [0.15, 0.2) is 54.7 Å². The molecular formula is C22H25N3O3. The predicted octanol–water partition coefficient (Wildman–Crippen LogP) is 2.58. The summed E-state index contributed by atoms with van der Waals surface area (Å²) < 4.78 is 5.29. The average molecular weight is 379 g/mol. The molecule has 28 heavy (non-hydrogen) atoms. The van der Waals surface area contributed by atoms with E-state index >= 15 is 0 Å². The fraction of sp³-hybridized carbons (Fsp3) is 0.273. The SMILES string of the molecule is COc1ccccc1CCNC(=O)CC(=O)NCCc1c[nH]c2ccccc12. The van der Waals surface area contributed by atoms with Crippen LogP contribution < -0.4 is 15.4 Å². The van der Waals surface area contributed by atoms with E-state index in [0.29, 0.717) is 25.9 Å². The molecule has 0 aliphatic carbocycles. The Morgan fingerprint density at radius 2 is 1.54 bits per heavy atom. The lowest BCUT2D eigenvalue weighted by Crippen LogP contribution is -2.33. The van der Waals surface area contributed by atoms with Crippen molar-refractivity contribution in [2.24, 2.45) is 0 Å². The van der Waals surface area contributed by atoms with Gasteiger partial charge >= 0.3 is 0 Å². The van der Waals surface area contributed by atoms with E-state index in [0.717, 1.165) is 27.8 Å². The summed E-state index contributed by atoms with van der Waals surface area (Å²) in [5.74, 6) is 0.251. The Hall–Kier alpha value is -3.28. The zero-order valence-corrected chi connectivity index (χ0v) is 16.0. The second-order valence-electron chi connectivity index (χ2n) is 6.55. The van der Waals surface area contributed by atoms with Crippen LogP contribution in [-0.2, 0) is 22.4 Å². The lowest BCUT2D eigenvalue weighted by molar-refractivity contribution is -0.129. The molecule has 3 rings (SSSR count). The molecule has 0 fully saturated rings. The summed E-state index contributed by atoms with van der Waals surface area (Å²) in [5, 5.41) is 6.75. The van der Waals surface area contributed by atoms with Crippen LogP contribution >= 0.6 is 0 Å². The minimum atomic E-state index is -0.278. The van der Waals surface area contributed by atoms with E-state index in [4.69, 9.17) is 4.74 Å². The van der Waals surface area contributed by atoms with Crippen molar-refractivity contribution in [1.29, 1.82) is 0 Å². The van der Waals surface area contributed by atoms with Gasteiger partial charge in [-0.3, -0.25) is 9.59 Å². The van der Waals surface area contributed by atoms with Crippen LogP contribution in [0.1, 0.15) is 17.5 Å². The van der Waals surface area contributed by atoms with Gasteiger partial charge in [-0.25, -0.2) is 0 Å². The van der Waals surface area contributed by atoms with Crippen molar-refractivity contribution in [3.63, 3.8) is 0 Å². The van der Waals surface area contributed by atoms with Gasteiger partial charge in [0.15, 0.2) is 0 Å². The molecule has 1 aromatic heterocycles. The number of hydrogen-bond acceptors (Lipinski definition) is 3. The number of nitrogens with one attached hydrogen (secondary N) is 3. The third-order valence-corrected chi connectivity index (χ3v) is 4.62. The van der Waals surface area contributed by atoms with Crippen molar-refractivity contribution in [3.8, 4) is 5.75 Å². The third-order valence-electron chi connectivity index (χ3n) is 4.62. The summed E-state index contributed by atoms with van der Waals surface area (Å²) >= 11 is 0. The molecule has 0 saturated carbocycles. The third kappa shape index (κ3) is 5.13. The van der Waals surface area contributed by atoms with Gasteiger partial charge in [-0.2, -0.15) is 0 Å². The van der Waals surface area contributed by atoms with Gasteiger partial charge in [0.25, 0.3) is 0 Å². The zero-order valence-electron chi connectivity index (χ0n) is 16.0. The Morgan fingerprint density at radius 3 is 2.29 bits per heavy atom. The van der Waals surface area contributed by atoms with Crippen molar-refractivity contribution in [1.82, 2.24) is 15.6 Å². The lowest BCUT2D eigenvalue weighted by atomic mass is 10.1. The van der Waals surface area contributed by atoms with Gasteiger partial charge in [0.1, 0.15) is 12.2 Å². The molecule has 1 heterocycles. The maximum atomic E-state index is 12.0. The number of fused-ring (bicyclic) bond motifs is 1. The number of carbonyl (C=O) groups is 2. The number of aromatic nitrogens is 1. The predicted molar refractivity (Wildman–Crippen MR) is 109 cm³/mol. The molecule has 0 aliphatic heterocycles. The highest BCUT2D eigenvalue weighted by Crippen LogP contribution is 2.18. The molecule has 0 saturated heterocycles. The molecule has 0 unspecified atom stereocenters. The minimum Gasteiger partial charge on any atom is -0.496 e. The van der Waals surface area contributed by atoms with Crippen molar-refractivity contribution < 1.29 is 14.3 Å². The first kappa shape index (κ1) is 19.5. The molecule has 6 nitrogen and oxygen atoms in total. The number of H-pyrrole nitrogens is 1. The van der Waals surface area contributed by atoms with Crippen molar-refractivity contribution in [2.45, 2.75) is 19.3 Å². The average Bonchev–Trinajstić information content (AvgIpc) is 3.11. The number of benzene rings is 2. The Bertz CT molecular complexity index is 949. The first-order valence-corrected chi connectivity index (χ1v) is 9.37. The van der Waals surface area contributed by atoms with Crippen molar-refractivity contribution in [2.75, 3.05) is 20.2 Å². The van der Waals surface area contributed by atoms with Crippen LogP contribution in [-0.4, -0.2) is 37.0 Å². The second kappa shape index (κ2) is 9.60. The fourth-order valence-electron chi connectivity index (χ4n) is 3.19. The van der Waals surface area contributed by atoms with Crippen LogP contribution in [0.2, 0.25) is 0 Å². The van der Waals surface area contributed by atoms with E-state index in [9.17, 15) is 9.59 Å². The second-order valence-corrected chi connectivity index (χ2v) is 6.55. The molecule has 2 aromatic carbocycles. The van der Waals surface area contributed by atoms with Crippen LogP contribution in [0.3, 0.4) is 0 Å². The van der Waals surface area contributed by atoms with Gasteiger partial charge in [-0.05, 0) is 36.1 Å². The maximum absolute atomic E-state index is 12.0.